The van der Waals surface area contributed by atoms with Crippen LogP contribution in [0.1, 0.15) is 52.4 Å². The van der Waals surface area contributed by atoms with Crippen LogP contribution in [-0.2, 0) is 14.3 Å². The summed E-state index contributed by atoms with van der Waals surface area (Å²) in [7, 11) is 1.51. The van der Waals surface area contributed by atoms with Gasteiger partial charge in [0.15, 0.2) is 11.5 Å². The molecule has 3 unspecified atom stereocenters. The zero-order valence-electron chi connectivity index (χ0n) is 17.9. The number of hydrogen-bond acceptors (Lipinski definition) is 3. The molecule has 1 aliphatic heterocycles. The zero-order valence-corrected chi connectivity index (χ0v) is 17.9. The molecule has 0 radical (unpaired) electrons. The molecule has 154 valence electrons. The molecule has 3 atom stereocenters. The van der Waals surface area contributed by atoms with Crippen LogP contribution in [0.25, 0.3) is 0 Å². The Morgan fingerprint density at radius 1 is 1.45 bits per heavy atom. The average Bonchev–Trinajstić information content (AvgIpc) is 2.72. The minimum Gasteiger partial charge on any atom is -0.485 e. The van der Waals surface area contributed by atoms with Gasteiger partial charge in [0, 0.05) is 13.5 Å². The highest BCUT2D eigenvalue weighted by atomic mass is 16.5. The normalized spacial score (nSPS) is 20.5. The van der Waals surface area contributed by atoms with Crippen molar-refractivity contribution in [3.8, 4) is 24.2 Å². The van der Waals surface area contributed by atoms with E-state index in [-0.39, 0.29) is 5.78 Å². The Hall–Kier alpha value is -2.49. The number of terminal acetylenes is 1. The van der Waals surface area contributed by atoms with Gasteiger partial charge in [0.1, 0.15) is 12.0 Å². The summed E-state index contributed by atoms with van der Waals surface area (Å²) in [5, 5.41) is 0. The van der Waals surface area contributed by atoms with Gasteiger partial charge < -0.3 is 9.47 Å². The molecule has 0 aromatic carbocycles. The summed E-state index contributed by atoms with van der Waals surface area (Å²) in [6.45, 7) is 9.07. The second kappa shape index (κ2) is 11.5. The first-order chi connectivity index (χ1) is 14.0. The lowest BCUT2D eigenvalue weighted by Crippen LogP contribution is -2.27. The van der Waals surface area contributed by atoms with Crippen LogP contribution in [0, 0.1) is 36.0 Å². The molecule has 2 rings (SSSR count). The Labute approximate surface area is 175 Å². The maximum Gasteiger partial charge on any atom is 0.168 e. The van der Waals surface area contributed by atoms with Gasteiger partial charge in [-0.1, -0.05) is 49.1 Å². The maximum absolute atomic E-state index is 12.9. The van der Waals surface area contributed by atoms with Crippen molar-refractivity contribution in [1.82, 2.24) is 0 Å². The number of rotatable bonds is 8. The summed E-state index contributed by atoms with van der Waals surface area (Å²) in [5.74, 6) is 9.18. The third kappa shape index (κ3) is 6.81. The molecule has 0 saturated carbocycles. The molecular weight excluding hydrogens is 360 g/mol. The van der Waals surface area contributed by atoms with E-state index in [9.17, 15) is 4.79 Å². The second-order valence-electron chi connectivity index (χ2n) is 7.81. The third-order valence-corrected chi connectivity index (χ3v) is 5.37. The van der Waals surface area contributed by atoms with E-state index in [0.29, 0.717) is 24.7 Å². The fourth-order valence-electron chi connectivity index (χ4n) is 3.56. The zero-order chi connectivity index (χ0) is 21.2. The lowest BCUT2D eigenvalue weighted by atomic mass is 9.88. The number of allylic oxidation sites excluding steroid dienone is 7. The van der Waals surface area contributed by atoms with Gasteiger partial charge in [0.2, 0.25) is 0 Å². The van der Waals surface area contributed by atoms with E-state index in [4.69, 9.17) is 15.9 Å². The first kappa shape index (κ1) is 22.8. The molecule has 0 aromatic heterocycles. The summed E-state index contributed by atoms with van der Waals surface area (Å²) in [6.07, 6.45) is 16.2. The molecule has 2 aliphatic rings. The van der Waals surface area contributed by atoms with Gasteiger partial charge in [-0.25, -0.2) is 0 Å². The van der Waals surface area contributed by atoms with Crippen molar-refractivity contribution in [3.63, 3.8) is 0 Å². The molecule has 29 heavy (non-hydrogen) atoms. The second-order valence-corrected chi connectivity index (χ2v) is 7.81. The van der Waals surface area contributed by atoms with Crippen molar-refractivity contribution in [2.24, 2.45) is 11.8 Å². The molecule has 0 aromatic rings. The summed E-state index contributed by atoms with van der Waals surface area (Å²) >= 11 is 0. The van der Waals surface area contributed by atoms with Gasteiger partial charge in [0.05, 0.1) is 6.61 Å². The first-order valence-corrected chi connectivity index (χ1v) is 10.4. The lowest BCUT2D eigenvalue weighted by Gasteiger charge is -2.18. The van der Waals surface area contributed by atoms with Crippen LogP contribution in [0.2, 0.25) is 0 Å². The molecule has 1 heterocycles. The third-order valence-electron chi connectivity index (χ3n) is 5.37. The van der Waals surface area contributed by atoms with Crippen LogP contribution in [0.4, 0.5) is 0 Å². The van der Waals surface area contributed by atoms with E-state index in [1.54, 1.807) is 0 Å². The van der Waals surface area contributed by atoms with Crippen LogP contribution in [-0.4, -0.2) is 25.6 Å². The van der Waals surface area contributed by atoms with Crippen molar-refractivity contribution in [1.29, 1.82) is 0 Å². The number of carbonyl (C=O) groups excluding carboxylic acids is 1. The van der Waals surface area contributed by atoms with Gasteiger partial charge in [0.25, 0.3) is 0 Å². The van der Waals surface area contributed by atoms with Crippen molar-refractivity contribution in [2.45, 2.75) is 58.5 Å². The van der Waals surface area contributed by atoms with E-state index in [1.807, 2.05) is 6.92 Å². The first-order valence-electron chi connectivity index (χ1n) is 10.4. The molecule has 0 bridgehead atoms. The molecule has 0 fully saturated rings. The lowest BCUT2D eigenvalue weighted by molar-refractivity contribution is -0.123. The highest BCUT2D eigenvalue weighted by Crippen LogP contribution is 2.26. The van der Waals surface area contributed by atoms with Crippen LogP contribution in [0.3, 0.4) is 0 Å². The van der Waals surface area contributed by atoms with Crippen molar-refractivity contribution >= 4 is 5.78 Å². The Balaban J connectivity index is 1.99. The summed E-state index contributed by atoms with van der Waals surface area (Å²) < 4.78 is 11.0. The standard InChI is InChI=1S/C26H32O3/c1-6-25(28-5)23(15-16-26-21(4)12-9-17-29-26)24(27)14-8-11-20(3)22-13-7-10-19(2)18-22/h1,7,10,13,19,23,25H,3,8-9,11-12,14,17-18H2,2,4-5H3. The SMILES string of the molecule is C#CC(OC)C(C#CC1=C(C)CCCO1)C(=O)CCCC(=C)C1=CC=CC(C)C1. The fourth-order valence-corrected chi connectivity index (χ4v) is 3.56. The van der Waals surface area contributed by atoms with E-state index >= 15 is 0 Å². The maximum atomic E-state index is 12.9. The minimum absolute atomic E-state index is 0.00931. The number of carbonyl (C=O) groups is 1. The van der Waals surface area contributed by atoms with E-state index in [2.05, 4.69) is 49.5 Å². The molecule has 0 N–H and O–H groups in total. The molecule has 3 nitrogen and oxygen atoms in total. The molecule has 3 heteroatoms. The predicted octanol–water partition coefficient (Wildman–Crippen LogP) is 5.16. The Bertz CT molecular complexity index is 807. The molecular formula is C26H32O3. The molecule has 0 spiro atoms. The fraction of sp³-hybridized carbons (Fsp3) is 0.500. The summed E-state index contributed by atoms with van der Waals surface area (Å²) in [4.78, 5) is 12.9. The van der Waals surface area contributed by atoms with Crippen LogP contribution in [0.15, 0.2) is 47.3 Å². The Morgan fingerprint density at radius 2 is 2.24 bits per heavy atom. The number of hydrogen-bond donors (Lipinski definition) is 0. The molecule has 0 saturated heterocycles. The van der Waals surface area contributed by atoms with Gasteiger partial charge in [-0.3, -0.25) is 4.79 Å². The smallest absolute Gasteiger partial charge is 0.168 e. The van der Waals surface area contributed by atoms with E-state index in [0.717, 1.165) is 43.3 Å². The van der Waals surface area contributed by atoms with Gasteiger partial charge in [-0.05, 0) is 62.0 Å². The highest BCUT2D eigenvalue weighted by Gasteiger charge is 2.25. The Morgan fingerprint density at radius 3 is 2.90 bits per heavy atom. The quantitative estimate of drug-likeness (QED) is 0.536. The summed E-state index contributed by atoms with van der Waals surface area (Å²) in [6, 6.07) is 0. The number of ketones is 1. The Kier molecular flexibility index (Phi) is 9.04. The highest BCUT2D eigenvalue weighted by molar-refractivity contribution is 5.85. The van der Waals surface area contributed by atoms with Crippen LogP contribution < -0.4 is 0 Å². The molecule has 1 aliphatic carbocycles. The van der Waals surface area contributed by atoms with Crippen molar-refractivity contribution < 1.29 is 14.3 Å². The number of ether oxygens (including phenoxy) is 2. The average molecular weight is 393 g/mol. The van der Waals surface area contributed by atoms with E-state index in [1.165, 1.54) is 12.7 Å². The topological polar surface area (TPSA) is 35.5 Å². The van der Waals surface area contributed by atoms with E-state index < -0.39 is 12.0 Å². The van der Waals surface area contributed by atoms with Crippen molar-refractivity contribution in [3.05, 3.63) is 47.3 Å². The van der Waals surface area contributed by atoms with Crippen molar-refractivity contribution in [2.75, 3.05) is 13.7 Å². The predicted molar refractivity (Wildman–Crippen MR) is 118 cm³/mol. The summed E-state index contributed by atoms with van der Waals surface area (Å²) in [5.41, 5.74) is 3.50. The monoisotopic (exact) mass is 392 g/mol. The van der Waals surface area contributed by atoms with Gasteiger partial charge >= 0.3 is 0 Å². The largest absolute Gasteiger partial charge is 0.485 e. The van der Waals surface area contributed by atoms with Crippen LogP contribution in [0.5, 0.6) is 0 Å². The van der Waals surface area contributed by atoms with Gasteiger partial charge in [-0.2, -0.15) is 0 Å². The van der Waals surface area contributed by atoms with Crippen LogP contribution >= 0.6 is 0 Å². The number of methoxy groups -OCH3 is 1. The molecule has 0 amide bonds. The number of Topliss-reactive ketones (excluding diaryl/α,β-unsaturated/α-hetero) is 1. The van der Waals surface area contributed by atoms with Gasteiger partial charge in [-0.15, -0.1) is 6.42 Å². The minimum atomic E-state index is -0.658.